The van der Waals surface area contributed by atoms with E-state index < -0.39 is 30.5 Å². The number of rotatable bonds is 7. The molecule has 4 rings (SSSR count). The van der Waals surface area contributed by atoms with Crippen LogP contribution in [0.2, 0.25) is 0 Å². The van der Waals surface area contributed by atoms with E-state index in [2.05, 4.69) is 0 Å². The van der Waals surface area contributed by atoms with E-state index in [4.69, 9.17) is 9.47 Å². The van der Waals surface area contributed by atoms with Crippen molar-refractivity contribution in [2.45, 2.75) is 62.7 Å². The second-order valence-electron chi connectivity index (χ2n) is 7.93. The van der Waals surface area contributed by atoms with Crippen molar-refractivity contribution in [3.8, 4) is 0 Å². The predicted molar refractivity (Wildman–Crippen MR) is 108 cm³/mol. The number of aliphatic hydroxyl groups excluding tert-OH is 3. The lowest BCUT2D eigenvalue weighted by molar-refractivity contribution is -0.101. The fraction of sp³-hybridized carbons (Fsp3) is 0.478. The predicted octanol–water partition coefficient (Wildman–Crippen LogP) is 1.33. The van der Waals surface area contributed by atoms with Crippen molar-refractivity contribution in [3.63, 3.8) is 0 Å². The van der Waals surface area contributed by atoms with Crippen molar-refractivity contribution in [2.75, 3.05) is 6.61 Å². The molecule has 2 fully saturated rings. The van der Waals surface area contributed by atoms with Crippen LogP contribution in [-0.2, 0) is 22.7 Å². The molecular weight excluding hydrogens is 370 g/mol. The Morgan fingerprint density at radius 1 is 0.793 bits per heavy atom. The van der Waals surface area contributed by atoms with Gasteiger partial charge in [-0.1, -0.05) is 60.7 Å². The maximum Gasteiger partial charge on any atom is 0.104 e. The molecule has 7 atom stereocenters. The second-order valence-corrected chi connectivity index (χ2v) is 7.93. The molecule has 0 amide bonds. The molecule has 0 saturated carbocycles. The number of ether oxygens (including phenoxy) is 2. The molecule has 0 radical (unpaired) electrons. The summed E-state index contributed by atoms with van der Waals surface area (Å²) >= 11 is 0. The number of hydrogen-bond acceptors (Lipinski definition) is 6. The zero-order valence-corrected chi connectivity index (χ0v) is 16.5. The average molecular weight is 399 g/mol. The van der Waals surface area contributed by atoms with Gasteiger partial charge in [0, 0.05) is 6.04 Å². The molecule has 0 bridgehead atoms. The smallest absolute Gasteiger partial charge is 0.104 e. The van der Waals surface area contributed by atoms with Crippen LogP contribution in [0.25, 0.3) is 0 Å². The Labute approximate surface area is 171 Å². The van der Waals surface area contributed by atoms with E-state index in [0.29, 0.717) is 13.2 Å². The Morgan fingerprint density at radius 2 is 1.31 bits per heavy atom. The largest absolute Gasteiger partial charge is 0.395 e. The van der Waals surface area contributed by atoms with Gasteiger partial charge >= 0.3 is 0 Å². The highest BCUT2D eigenvalue weighted by molar-refractivity contribution is 5.17. The maximum atomic E-state index is 10.7. The second kappa shape index (κ2) is 8.92. The SMILES string of the molecule is C[C@H]1[C@@H](O)[C@H](O)[C@@H]2[C@@H](OCc3ccccc3)[C@H](OCc3ccccc3)[C@@H](CO)N21. The monoisotopic (exact) mass is 399 g/mol. The zero-order valence-electron chi connectivity index (χ0n) is 16.5. The van der Waals surface area contributed by atoms with E-state index in [1.54, 1.807) is 0 Å². The van der Waals surface area contributed by atoms with Crippen molar-refractivity contribution in [2.24, 2.45) is 0 Å². The Bertz CT molecular complexity index is 773. The number of aliphatic hydroxyl groups is 3. The first kappa shape index (κ1) is 20.5. The summed E-state index contributed by atoms with van der Waals surface area (Å²) in [4.78, 5) is 1.97. The maximum absolute atomic E-state index is 10.7. The molecule has 2 heterocycles. The fourth-order valence-corrected chi connectivity index (χ4v) is 4.71. The molecule has 2 aliphatic heterocycles. The lowest BCUT2D eigenvalue weighted by Gasteiger charge is -2.30. The van der Waals surface area contributed by atoms with E-state index in [-0.39, 0.29) is 18.7 Å². The quantitative estimate of drug-likeness (QED) is 0.652. The number of benzene rings is 2. The first-order valence-electron chi connectivity index (χ1n) is 10.2. The molecule has 156 valence electrons. The summed E-state index contributed by atoms with van der Waals surface area (Å²) in [7, 11) is 0. The van der Waals surface area contributed by atoms with Crippen LogP contribution in [0, 0.1) is 0 Å². The van der Waals surface area contributed by atoms with Gasteiger partial charge in [-0.3, -0.25) is 4.90 Å². The number of hydrogen-bond donors (Lipinski definition) is 3. The summed E-state index contributed by atoms with van der Waals surface area (Å²) in [5.41, 5.74) is 2.06. The van der Waals surface area contributed by atoms with E-state index in [1.165, 1.54) is 0 Å². The molecule has 2 aromatic carbocycles. The van der Waals surface area contributed by atoms with E-state index in [0.717, 1.165) is 11.1 Å². The summed E-state index contributed by atoms with van der Waals surface area (Å²) < 4.78 is 12.5. The van der Waals surface area contributed by atoms with E-state index in [9.17, 15) is 15.3 Å². The summed E-state index contributed by atoms with van der Waals surface area (Å²) in [6.45, 7) is 2.49. The van der Waals surface area contributed by atoms with Gasteiger partial charge in [-0.05, 0) is 18.1 Å². The average Bonchev–Trinajstić information content (AvgIpc) is 3.19. The molecule has 2 aromatic rings. The van der Waals surface area contributed by atoms with Gasteiger partial charge in [-0.2, -0.15) is 0 Å². The molecule has 3 N–H and O–H groups in total. The third-order valence-corrected chi connectivity index (χ3v) is 6.19. The molecule has 2 saturated heterocycles. The molecular formula is C23H29NO5. The molecule has 6 nitrogen and oxygen atoms in total. The Kier molecular flexibility index (Phi) is 6.29. The summed E-state index contributed by atoms with van der Waals surface area (Å²) in [5, 5.41) is 31.3. The molecule has 0 unspecified atom stereocenters. The van der Waals surface area contributed by atoms with Gasteiger partial charge in [0.15, 0.2) is 0 Å². The lowest BCUT2D eigenvalue weighted by Crippen LogP contribution is -2.46. The molecule has 0 aliphatic carbocycles. The standard InChI is InChI=1S/C23H29NO5/c1-15-20(26)21(27)19-23(29-14-17-10-6-3-7-11-17)22(18(12-25)24(15)19)28-13-16-8-4-2-5-9-16/h2-11,15,18-23,25-27H,12-14H2,1H3/t15-,18+,19+,20+,21+,22+,23+/m0/s1. The summed E-state index contributed by atoms with van der Waals surface area (Å²) in [6, 6.07) is 18.6. The van der Waals surface area contributed by atoms with Gasteiger partial charge in [0.25, 0.3) is 0 Å². The van der Waals surface area contributed by atoms with E-state index >= 15 is 0 Å². The highest BCUT2D eigenvalue weighted by Crippen LogP contribution is 2.40. The van der Waals surface area contributed by atoms with Crippen molar-refractivity contribution < 1.29 is 24.8 Å². The minimum Gasteiger partial charge on any atom is -0.395 e. The van der Waals surface area contributed by atoms with Gasteiger partial charge < -0.3 is 24.8 Å². The minimum atomic E-state index is -0.954. The molecule has 2 aliphatic rings. The Balaban J connectivity index is 1.56. The summed E-state index contributed by atoms with van der Waals surface area (Å²) in [5.74, 6) is 0. The van der Waals surface area contributed by atoms with Crippen molar-refractivity contribution in [1.29, 1.82) is 0 Å². The Morgan fingerprint density at radius 3 is 1.83 bits per heavy atom. The highest BCUT2D eigenvalue weighted by atomic mass is 16.5. The van der Waals surface area contributed by atoms with Crippen LogP contribution in [0.3, 0.4) is 0 Å². The first-order valence-corrected chi connectivity index (χ1v) is 10.2. The molecule has 0 spiro atoms. The van der Waals surface area contributed by atoms with Crippen molar-refractivity contribution in [3.05, 3.63) is 71.8 Å². The van der Waals surface area contributed by atoms with Gasteiger partial charge in [0.05, 0.1) is 44.1 Å². The highest BCUT2D eigenvalue weighted by Gasteiger charge is 2.61. The van der Waals surface area contributed by atoms with Crippen LogP contribution >= 0.6 is 0 Å². The van der Waals surface area contributed by atoms with Crippen LogP contribution < -0.4 is 0 Å². The van der Waals surface area contributed by atoms with E-state index in [1.807, 2.05) is 72.5 Å². The summed E-state index contributed by atoms with van der Waals surface area (Å²) in [6.07, 6.45) is -2.72. The van der Waals surface area contributed by atoms with Crippen LogP contribution in [0.5, 0.6) is 0 Å². The molecule has 29 heavy (non-hydrogen) atoms. The van der Waals surface area contributed by atoms with Crippen LogP contribution in [0.1, 0.15) is 18.1 Å². The van der Waals surface area contributed by atoms with Gasteiger partial charge in [0.2, 0.25) is 0 Å². The first-order chi connectivity index (χ1) is 14.1. The van der Waals surface area contributed by atoms with Gasteiger partial charge in [-0.25, -0.2) is 0 Å². The van der Waals surface area contributed by atoms with Crippen LogP contribution in [0.4, 0.5) is 0 Å². The lowest BCUT2D eigenvalue weighted by atomic mass is 9.99. The van der Waals surface area contributed by atoms with Gasteiger partial charge in [0.1, 0.15) is 12.2 Å². The third kappa shape index (κ3) is 3.97. The van der Waals surface area contributed by atoms with Crippen LogP contribution in [0.15, 0.2) is 60.7 Å². The minimum absolute atomic E-state index is 0.134. The number of nitrogens with zero attached hydrogens (tertiary/aromatic N) is 1. The molecule has 0 aromatic heterocycles. The van der Waals surface area contributed by atoms with Crippen LogP contribution in [-0.4, -0.2) is 69.4 Å². The zero-order chi connectivity index (χ0) is 20.4. The Hall–Kier alpha value is -1.80. The van der Waals surface area contributed by atoms with Gasteiger partial charge in [-0.15, -0.1) is 0 Å². The van der Waals surface area contributed by atoms with Crippen molar-refractivity contribution >= 4 is 0 Å². The number of fused-ring (bicyclic) bond motifs is 1. The normalized spacial score (nSPS) is 34.4. The third-order valence-electron chi connectivity index (χ3n) is 6.19. The topological polar surface area (TPSA) is 82.4 Å². The van der Waals surface area contributed by atoms with Crippen molar-refractivity contribution in [1.82, 2.24) is 4.90 Å². The molecule has 6 heteroatoms. The fourth-order valence-electron chi connectivity index (χ4n) is 4.71.